The second-order valence-corrected chi connectivity index (χ2v) is 5.81. The van der Waals surface area contributed by atoms with E-state index in [0.717, 1.165) is 39.3 Å². The van der Waals surface area contributed by atoms with Gasteiger partial charge in [0.05, 0.1) is 0 Å². The van der Waals surface area contributed by atoms with Gasteiger partial charge in [-0.2, -0.15) is 0 Å². The number of carbonyl (C=O) groups is 1. The maximum Gasteiger partial charge on any atom is 0.262 e. The molecule has 0 radical (unpaired) electrons. The summed E-state index contributed by atoms with van der Waals surface area (Å²) in [5.74, 6) is 0.658. The van der Waals surface area contributed by atoms with E-state index in [0.29, 0.717) is 0 Å². The number of aryl methyl sites for hydroxylation is 4. The highest BCUT2D eigenvalue weighted by atomic mass is 16.5. The molecule has 0 aliphatic rings. The number of rotatable bonds is 4. The van der Waals surface area contributed by atoms with Crippen LogP contribution in [-0.4, -0.2) is 12.5 Å². The molecule has 0 saturated heterocycles. The Morgan fingerprint density at radius 2 is 1.59 bits per heavy atom. The largest absolute Gasteiger partial charge is 0.483 e. The molecule has 22 heavy (non-hydrogen) atoms. The Balaban J connectivity index is 2.05. The first kappa shape index (κ1) is 16.1. The van der Waals surface area contributed by atoms with Crippen molar-refractivity contribution in [2.45, 2.75) is 34.6 Å². The number of ether oxygens (including phenoxy) is 1. The minimum absolute atomic E-state index is 0.0124. The van der Waals surface area contributed by atoms with Gasteiger partial charge in [-0.15, -0.1) is 0 Å². The number of amides is 1. The zero-order chi connectivity index (χ0) is 16.3. The van der Waals surface area contributed by atoms with Gasteiger partial charge in [0, 0.05) is 5.69 Å². The predicted molar refractivity (Wildman–Crippen MR) is 90.7 cm³/mol. The van der Waals surface area contributed by atoms with E-state index in [1.165, 1.54) is 0 Å². The Morgan fingerprint density at radius 3 is 2.32 bits per heavy atom. The van der Waals surface area contributed by atoms with Crippen molar-refractivity contribution in [2.75, 3.05) is 11.9 Å². The standard InChI is InChI=1S/C19H23NO2/c1-12-6-7-14(3)17(10-12)20-18(21)11-22-19-15(4)9-8-13(2)16(19)5/h6-10H,11H2,1-5H3,(H,20,21). The molecular weight excluding hydrogens is 274 g/mol. The van der Waals surface area contributed by atoms with Gasteiger partial charge in [0.15, 0.2) is 6.61 Å². The molecule has 0 fully saturated rings. The Morgan fingerprint density at radius 1 is 0.955 bits per heavy atom. The van der Waals surface area contributed by atoms with Crippen LogP contribution in [0.4, 0.5) is 5.69 Å². The summed E-state index contributed by atoms with van der Waals surface area (Å²) in [4.78, 5) is 12.1. The third-order valence-corrected chi connectivity index (χ3v) is 3.89. The number of nitrogens with one attached hydrogen (secondary N) is 1. The third kappa shape index (κ3) is 3.67. The third-order valence-electron chi connectivity index (χ3n) is 3.89. The Hall–Kier alpha value is -2.29. The average molecular weight is 297 g/mol. The van der Waals surface area contributed by atoms with Crippen LogP contribution in [0.3, 0.4) is 0 Å². The van der Waals surface area contributed by atoms with Crippen LogP contribution < -0.4 is 10.1 Å². The van der Waals surface area contributed by atoms with Crippen molar-refractivity contribution < 1.29 is 9.53 Å². The molecule has 0 aromatic heterocycles. The summed E-state index contributed by atoms with van der Waals surface area (Å²) < 4.78 is 5.74. The van der Waals surface area contributed by atoms with Crippen molar-refractivity contribution in [3.8, 4) is 5.75 Å². The zero-order valence-corrected chi connectivity index (χ0v) is 13.9. The lowest BCUT2D eigenvalue weighted by Gasteiger charge is -2.14. The molecule has 0 bridgehead atoms. The number of hydrogen-bond donors (Lipinski definition) is 1. The molecule has 116 valence electrons. The van der Waals surface area contributed by atoms with Gasteiger partial charge in [-0.25, -0.2) is 0 Å². The molecule has 0 unspecified atom stereocenters. The molecular formula is C19H23NO2. The quantitative estimate of drug-likeness (QED) is 0.916. The fourth-order valence-corrected chi connectivity index (χ4v) is 2.34. The molecule has 1 amide bonds. The van der Waals surface area contributed by atoms with E-state index in [9.17, 15) is 4.79 Å². The van der Waals surface area contributed by atoms with Crippen LogP contribution in [0, 0.1) is 34.6 Å². The molecule has 0 spiro atoms. The van der Waals surface area contributed by atoms with Crippen LogP contribution in [0.15, 0.2) is 30.3 Å². The van der Waals surface area contributed by atoms with E-state index in [4.69, 9.17) is 4.74 Å². The fraction of sp³-hybridized carbons (Fsp3) is 0.316. The maximum atomic E-state index is 12.1. The van der Waals surface area contributed by atoms with Crippen LogP contribution in [-0.2, 0) is 4.79 Å². The number of benzene rings is 2. The topological polar surface area (TPSA) is 38.3 Å². The van der Waals surface area contributed by atoms with E-state index >= 15 is 0 Å². The van der Waals surface area contributed by atoms with Gasteiger partial charge < -0.3 is 10.1 Å². The minimum atomic E-state index is -0.144. The van der Waals surface area contributed by atoms with Gasteiger partial charge in [-0.05, 0) is 68.5 Å². The molecule has 0 atom stereocenters. The SMILES string of the molecule is Cc1ccc(C)c(NC(=O)COc2c(C)ccc(C)c2C)c1. The number of hydrogen-bond acceptors (Lipinski definition) is 2. The van der Waals surface area contributed by atoms with Crippen LogP contribution in [0.1, 0.15) is 27.8 Å². The van der Waals surface area contributed by atoms with Gasteiger partial charge in [0.1, 0.15) is 5.75 Å². The summed E-state index contributed by atoms with van der Waals surface area (Å²) in [7, 11) is 0. The van der Waals surface area contributed by atoms with Crippen LogP contribution in [0.2, 0.25) is 0 Å². The van der Waals surface area contributed by atoms with E-state index in [1.807, 2.05) is 58.9 Å². The average Bonchev–Trinajstić information content (AvgIpc) is 2.47. The lowest BCUT2D eigenvalue weighted by Crippen LogP contribution is -2.21. The van der Waals surface area contributed by atoms with Crippen LogP contribution in [0.5, 0.6) is 5.75 Å². The van der Waals surface area contributed by atoms with Gasteiger partial charge in [-0.3, -0.25) is 4.79 Å². The molecule has 2 rings (SSSR count). The van der Waals surface area contributed by atoms with Crippen LogP contribution >= 0.6 is 0 Å². The minimum Gasteiger partial charge on any atom is -0.483 e. The summed E-state index contributed by atoms with van der Waals surface area (Å²) >= 11 is 0. The summed E-state index contributed by atoms with van der Waals surface area (Å²) in [5.41, 5.74) is 6.29. The van der Waals surface area contributed by atoms with Gasteiger partial charge in [0.2, 0.25) is 0 Å². The Kier molecular flexibility index (Phi) is 4.86. The number of anilines is 1. The van der Waals surface area contributed by atoms with Crippen molar-refractivity contribution in [3.05, 3.63) is 58.1 Å². The first-order valence-corrected chi connectivity index (χ1v) is 7.45. The molecule has 0 saturated carbocycles. The zero-order valence-electron chi connectivity index (χ0n) is 13.9. The molecule has 1 N–H and O–H groups in total. The maximum absolute atomic E-state index is 12.1. The molecule has 3 nitrogen and oxygen atoms in total. The molecule has 2 aromatic carbocycles. The molecule has 0 heterocycles. The van der Waals surface area contributed by atoms with Crippen molar-refractivity contribution in [1.82, 2.24) is 0 Å². The van der Waals surface area contributed by atoms with E-state index in [-0.39, 0.29) is 12.5 Å². The Bertz CT molecular complexity index is 705. The van der Waals surface area contributed by atoms with Gasteiger partial charge in [-0.1, -0.05) is 24.3 Å². The van der Waals surface area contributed by atoms with Crippen molar-refractivity contribution in [2.24, 2.45) is 0 Å². The first-order chi connectivity index (χ1) is 10.4. The molecule has 3 heteroatoms. The first-order valence-electron chi connectivity index (χ1n) is 7.45. The predicted octanol–water partition coefficient (Wildman–Crippen LogP) is 4.25. The fourth-order valence-electron chi connectivity index (χ4n) is 2.34. The van der Waals surface area contributed by atoms with Crippen molar-refractivity contribution in [3.63, 3.8) is 0 Å². The summed E-state index contributed by atoms with van der Waals surface area (Å²) in [6.07, 6.45) is 0. The Labute approximate surface area is 132 Å². The highest BCUT2D eigenvalue weighted by molar-refractivity contribution is 5.92. The lowest BCUT2D eigenvalue weighted by atomic mass is 10.1. The highest BCUT2D eigenvalue weighted by Gasteiger charge is 2.10. The van der Waals surface area contributed by atoms with Crippen molar-refractivity contribution >= 4 is 11.6 Å². The lowest BCUT2D eigenvalue weighted by molar-refractivity contribution is -0.118. The van der Waals surface area contributed by atoms with Gasteiger partial charge >= 0.3 is 0 Å². The molecule has 2 aromatic rings. The van der Waals surface area contributed by atoms with E-state index in [2.05, 4.69) is 11.4 Å². The normalized spacial score (nSPS) is 10.4. The van der Waals surface area contributed by atoms with Crippen molar-refractivity contribution in [1.29, 1.82) is 0 Å². The second kappa shape index (κ2) is 6.65. The highest BCUT2D eigenvalue weighted by Crippen LogP contribution is 2.25. The van der Waals surface area contributed by atoms with E-state index < -0.39 is 0 Å². The number of carbonyl (C=O) groups excluding carboxylic acids is 1. The molecule has 0 aliphatic carbocycles. The van der Waals surface area contributed by atoms with Gasteiger partial charge in [0.25, 0.3) is 5.91 Å². The molecule has 0 aliphatic heterocycles. The smallest absolute Gasteiger partial charge is 0.262 e. The summed E-state index contributed by atoms with van der Waals surface area (Å²) in [6.45, 7) is 10.0. The summed E-state index contributed by atoms with van der Waals surface area (Å²) in [6, 6.07) is 10.1. The van der Waals surface area contributed by atoms with Crippen LogP contribution in [0.25, 0.3) is 0 Å². The monoisotopic (exact) mass is 297 g/mol. The summed E-state index contributed by atoms with van der Waals surface area (Å²) in [5, 5.41) is 2.91. The second-order valence-electron chi connectivity index (χ2n) is 5.81. The van der Waals surface area contributed by atoms with E-state index in [1.54, 1.807) is 0 Å².